The van der Waals surface area contributed by atoms with Gasteiger partial charge >= 0.3 is 0 Å². The predicted molar refractivity (Wildman–Crippen MR) is 95.9 cm³/mol. The lowest BCUT2D eigenvalue weighted by molar-refractivity contribution is 0.385. The van der Waals surface area contributed by atoms with Crippen molar-refractivity contribution in [2.45, 2.75) is 13.8 Å². The van der Waals surface area contributed by atoms with Gasteiger partial charge in [0.2, 0.25) is 10.0 Å². The third kappa shape index (κ3) is 4.82. The number of hydrogen-bond acceptors (Lipinski definition) is 5. The lowest BCUT2D eigenvalue weighted by atomic mass is 10.2. The highest BCUT2D eigenvalue weighted by Crippen LogP contribution is 2.20. The highest BCUT2D eigenvalue weighted by atomic mass is 32.2. The number of benzene rings is 1. The molecular formula is C14H24N4O4S2. The van der Waals surface area contributed by atoms with E-state index in [1.165, 1.54) is 4.31 Å². The van der Waals surface area contributed by atoms with Gasteiger partial charge in [0.25, 0.3) is 10.2 Å². The Kier molecular flexibility index (Phi) is 6.07. The van der Waals surface area contributed by atoms with E-state index in [4.69, 9.17) is 0 Å². The van der Waals surface area contributed by atoms with Crippen molar-refractivity contribution >= 4 is 31.6 Å². The van der Waals surface area contributed by atoms with E-state index >= 15 is 0 Å². The number of nitrogens with zero attached hydrogens (tertiary/aromatic N) is 2. The van der Waals surface area contributed by atoms with E-state index in [1.54, 1.807) is 26.0 Å². The van der Waals surface area contributed by atoms with Crippen LogP contribution in [0.5, 0.6) is 0 Å². The molecule has 1 aliphatic heterocycles. The van der Waals surface area contributed by atoms with Crippen LogP contribution >= 0.6 is 0 Å². The van der Waals surface area contributed by atoms with Gasteiger partial charge < -0.3 is 4.90 Å². The van der Waals surface area contributed by atoms with E-state index in [1.807, 2.05) is 12.1 Å². The molecule has 0 bridgehead atoms. The van der Waals surface area contributed by atoms with Crippen LogP contribution in [0.25, 0.3) is 0 Å². The lowest BCUT2D eigenvalue weighted by Gasteiger charge is -2.35. The molecule has 0 aliphatic carbocycles. The van der Waals surface area contributed by atoms with E-state index in [2.05, 4.69) is 14.3 Å². The highest BCUT2D eigenvalue weighted by molar-refractivity contribution is 7.90. The molecule has 2 N–H and O–H groups in total. The Morgan fingerprint density at radius 3 is 2.04 bits per heavy atom. The molecule has 1 aromatic rings. The zero-order valence-corrected chi connectivity index (χ0v) is 15.5. The summed E-state index contributed by atoms with van der Waals surface area (Å²) >= 11 is 0. The molecule has 1 aromatic carbocycles. The third-order valence-corrected chi connectivity index (χ3v) is 6.87. The zero-order chi connectivity index (χ0) is 17.8. The second-order valence-electron chi connectivity index (χ2n) is 5.44. The molecule has 1 heterocycles. The smallest absolute Gasteiger partial charge is 0.299 e. The first-order chi connectivity index (χ1) is 11.3. The molecule has 24 heavy (non-hydrogen) atoms. The fourth-order valence-electron chi connectivity index (χ4n) is 2.53. The summed E-state index contributed by atoms with van der Waals surface area (Å²) in [5.74, 6) is 0.119. The molecule has 8 nitrogen and oxygen atoms in total. The molecular weight excluding hydrogens is 352 g/mol. The molecule has 0 spiro atoms. The van der Waals surface area contributed by atoms with Gasteiger partial charge in [-0.15, -0.1) is 0 Å². The number of hydrogen-bond donors (Lipinski definition) is 2. The van der Waals surface area contributed by atoms with Crippen molar-refractivity contribution in [3.05, 3.63) is 24.3 Å². The summed E-state index contributed by atoms with van der Waals surface area (Å²) in [6.45, 7) is 5.83. The molecule has 1 aliphatic rings. The summed E-state index contributed by atoms with van der Waals surface area (Å²) in [4.78, 5) is 2.09. The maximum atomic E-state index is 11.9. The van der Waals surface area contributed by atoms with Crippen molar-refractivity contribution in [1.82, 2.24) is 9.03 Å². The summed E-state index contributed by atoms with van der Waals surface area (Å²) < 4.78 is 53.3. The third-order valence-electron chi connectivity index (χ3n) is 3.82. The number of anilines is 2. The minimum Gasteiger partial charge on any atom is -0.369 e. The number of nitrogens with one attached hydrogen (secondary N) is 2. The number of rotatable bonds is 7. The SMILES string of the molecule is CCNS(=O)(=O)Nc1ccc(N2CCN(S(=O)(=O)CC)CC2)cc1. The van der Waals surface area contributed by atoms with E-state index in [0.29, 0.717) is 38.4 Å². The molecule has 136 valence electrons. The lowest BCUT2D eigenvalue weighted by Crippen LogP contribution is -2.49. The van der Waals surface area contributed by atoms with E-state index in [-0.39, 0.29) is 5.75 Å². The fourth-order valence-corrected chi connectivity index (χ4v) is 4.51. The Morgan fingerprint density at radius 1 is 0.958 bits per heavy atom. The molecule has 10 heteroatoms. The van der Waals surface area contributed by atoms with Crippen LogP contribution < -0.4 is 14.3 Å². The number of sulfonamides is 1. The monoisotopic (exact) mass is 376 g/mol. The summed E-state index contributed by atoms with van der Waals surface area (Å²) in [6.07, 6.45) is 0. The molecule has 0 saturated carbocycles. The first-order valence-electron chi connectivity index (χ1n) is 7.87. The van der Waals surface area contributed by atoms with Crippen LogP contribution in [0.4, 0.5) is 11.4 Å². The van der Waals surface area contributed by atoms with Gasteiger partial charge in [-0.2, -0.15) is 17.4 Å². The predicted octanol–water partition coefficient (Wildman–Crippen LogP) is 0.425. The number of piperazine rings is 1. The van der Waals surface area contributed by atoms with Crippen LogP contribution in [-0.2, 0) is 20.2 Å². The van der Waals surface area contributed by atoms with E-state index < -0.39 is 20.2 Å². The average molecular weight is 377 g/mol. The second kappa shape index (κ2) is 7.68. The van der Waals surface area contributed by atoms with Gasteiger partial charge in [-0.05, 0) is 31.2 Å². The standard InChI is InChI=1S/C14H24N4O4S2/c1-3-15-24(21,22)16-13-5-7-14(8-6-13)17-9-11-18(12-10-17)23(19,20)4-2/h5-8,15-16H,3-4,9-12H2,1-2H3. The Hall–Kier alpha value is -1.36. The summed E-state index contributed by atoms with van der Waals surface area (Å²) in [5, 5.41) is 0. The van der Waals surface area contributed by atoms with Crippen LogP contribution in [0, 0.1) is 0 Å². The quantitative estimate of drug-likeness (QED) is 0.719. The van der Waals surface area contributed by atoms with Crippen molar-refractivity contribution in [3.8, 4) is 0 Å². The van der Waals surface area contributed by atoms with Crippen molar-refractivity contribution in [2.75, 3.05) is 48.1 Å². The van der Waals surface area contributed by atoms with Gasteiger partial charge in [0, 0.05) is 44.1 Å². The van der Waals surface area contributed by atoms with Crippen LogP contribution in [0.15, 0.2) is 24.3 Å². The topological polar surface area (TPSA) is 98.8 Å². The Balaban J connectivity index is 1.98. The fraction of sp³-hybridized carbons (Fsp3) is 0.571. The van der Waals surface area contributed by atoms with Crippen LogP contribution in [0.2, 0.25) is 0 Å². The van der Waals surface area contributed by atoms with Crippen LogP contribution in [0.3, 0.4) is 0 Å². The van der Waals surface area contributed by atoms with E-state index in [9.17, 15) is 16.8 Å². The van der Waals surface area contributed by atoms with Gasteiger partial charge in [0.15, 0.2) is 0 Å². The van der Waals surface area contributed by atoms with Crippen LogP contribution in [0.1, 0.15) is 13.8 Å². The van der Waals surface area contributed by atoms with Gasteiger partial charge in [0.05, 0.1) is 5.75 Å². The molecule has 0 atom stereocenters. The maximum Gasteiger partial charge on any atom is 0.299 e. The van der Waals surface area contributed by atoms with Crippen molar-refractivity contribution in [1.29, 1.82) is 0 Å². The summed E-state index contributed by atoms with van der Waals surface area (Å²) in [7, 11) is -6.67. The normalized spacial score (nSPS) is 17.0. The molecule has 0 amide bonds. The molecule has 0 radical (unpaired) electrons. The maximum absolute atomic E-state index is 11.9. The molecule has 1 saturated heterocycles. The minimum absolute atomic E-state index is 0.119. The zero-order valence-electron chi connectivity index (χ0n) is 13.9. The van der Waals surface area contributed by atoms with Crippen molar-refractivity contribution < 1.29 is 16.8 Å². The minimum atomic E-state index is -3.54. The van der Waals surface area contributed by atoms with Gasteiger partial charge in [-0.1, -0.05) is 6.92 Å². The first kappa shape index (κ1) is 19.0. The summed E-state index contributed by atoms with van der Waals surface area (Å²) in [5.41, 5.74) is 1.42. The van der Waals surface area contributed by atoms with Crippen molar-refractivity contribution in [3.63, 3.8) is 0 Å². The molecule has 2 rings (SSSR count). The highest BCUT2D eigenvalue weighted by Gasteiger charge is 2.25. The second-order valence-corrected chi connectivity index (χ2v) is 9.19. The van der Waals surface area contributed by atoms with Crippen LogP contribution in [-0.4, -0.2) is 59.6 Å². The average Bonchev–Trinajstić information content (AvgIpc) is 2.55. The Labute approximate surface area is 144 Å². The largest absolute Gasteiger partial charge is 0.369 e. The molecule has 0 unspecified atom stereocenters. The van der Waals surface area contributed by atoms with Crippen molar-refractivity contribution in [2.24, 2.45) is 0 Å². The van der Waals surface area contributed by atoms with E-state index in [0.717, 1.165) is 5.69 Å². The Bertz CT molecular complexity index is 739. The van der Waals surface area contributed by atoms with Gasteiger partial charge in [-0.25, -0.2) is 8.42 Å². The van der Waals surface area contributed by atoms with Gasteiger partial charge in [-0.3, -0.25) is 4.72 Å². The molecule has 0 aromatic heterocycles. The molecule has 1 fully saturated rings. The summed E-state index contributed by atoms with van der Waals surface area (Å²) in [6, 6.07) is 7.04. The Morgan fingerprint density at radius 2 is 1.54 bits per heavy atom. The van der Waals surface area contributed by atoms with Gasteiger partial charge in [0.1, 0.15) is 0 Å². The first-order valence-corrected chi connectivity index (χ1v) is 11.0.